The van der Waals surface area contributed by atoms with Crippen molar-refractivity contribution in [3.05, 3.63) is 68.8 Å². The average Bonchev–Trinajstić information content (AvgIpc) is 2.68. The van der Waals surface area contributed by atoms with Crippen LogP contribution in [0.3, 0.4) is 0 Å². The first-order valence-corrected chi connectivity index (χ1v) is 9.69. The molecule has 2 rings (SSSR count). The highest BCUT2D eigenvalue weighted by atomic mass is 79.9. The van der Waals surface area contributed by atoms with E-state index < -0.39 is 0 Å². The third-order valence-electron chi connectivity index (χ3n) is 3.67. The number of halogens is 2. The Morgan fingerprint density at radius 1 is 0.615 bits per heavy atom. The van der Waals surface area contributed by atoms with E-state index >= 15 is 0 Å². The number of hydrogen-bond donors (Lipinski definition) is 0. The molecule has 0 unspecified atom stereocenters. The first kappa shape index (κ1) is 21.4. The van der Waals surface area contributed by atoms with Gasteiger partial charge in [0.25, 0.3) is 0 Å². The molecule has 0 atom stereocenters. The molecule has 6 heteroatoms. The summed E-state index contributed by atoms with van der Waals surface area (Å²) in [5.41, 5.74) is 5.96. The molecule has 2 aromatic rings. The molecule has 128 valence electrons. The summed E-state index contributed by atoms with van der Waals surface area (Å²) in [6.07, 6.45) is 0. The second-order valence-electron chi connectivity index (χ2n) is 5.36. The van der Waals surface area contributed by atoms with Crippen molar-refractivity contribution in [3.8, 4) is 24.3 Å². The minimum Gasteiger partial charge on any atom is -0.192 e. The molecule has 0 saturated carbocycles. The van der Waals surface area contributed by atoms with E-state index in [0.29, 0.717) is 32.9 Å². The number of alkyl halides is 2. The summed E-state index contributed by atoms with van der Waals surface area (Å²) in [6, 6.07) is 15.4. The van der Waals surface area contributed by atoms with Gasteiger partial charge in [0.05, 0.1) is 46.5 Å². The summed E-state index contributed by atoms with van der Waals surface area (Å²) in [5.74, 6) is 0. The van der Waals surface area contributed by atoms with Crippen LogP contribution in [0.2, 0.25) is 0 Å². The Kier molecular flexibility index (Phi) is 8.54. The Morgan fingerprint density at radius 3 is 1.15 bits per heavy atom. The van der Waals surface area contributed by atoms with Crippen LogP contribution in [0.5, 0.6) is 0 Å². The molecule has 0 aliphatic carbocycles. The molecule has 2 aromatic carbocycles. The second-order valence-corrected chi connectivity index (χ2v) is 6.48. The van der Waals surface area contributed by atoms with E-state index in [2.05, 4.69) is 56.1 Å². The van der Waals surface area contributed by atoms with Crippen LogP contribution in [0.1, 0.15) is 44.5 Å². The fourth-order valence-corrected chi connectivity index (χ4v) is 3.10. The van der Waals surface area contributed by atoms with Gasteiger partial charge in [0.15, 0.2) is 0 Å². The van der Waals surface area contributed by atoms with Crippen molar-refractivity contribution >= 4 is 31.9 Å². The van der Waals surface area contributed by atoms with Gasteiger partial charge in [0, 0.05) is 10.7 Å². The molecule has 0 amide bonds. The highest BCUT2D eigenvalue weighted by Gasteiger charge is 2.07. The lowest BCUT2D eigenvalue weighted by molar-refractivity contribution is 1.29. The Hall–Kier alpha value is -2.64. The third kappa shape index (κ3) is 5.18. The van der Waals surface area contributed by atoms with Crippen LogP contribution in [0.25, 0.3) is 0 Å². The summed E-state index contributed by atoms with van der Waals surface area (Å²) in [7, 11) is 0. The van der Waals surface area contributed by atoms with Crippen LogP contribution in [-0.4, -0.2) is 0 Å². The summed E-state index contributed by atoms with van der Waals surface area (Å²) in [5, 5.41) is 36.3. The van der Waals surface area contributed by atoms with Gasteiger partial charge < -0.3 is 0 Å². The maximum atomic E-state index is 8.86. The van der Waals surface area contributed by atoms with Gasteiger partial charge in [0.2, 0.25) is 0 Å². The molecule has 0 fully saturated rings. The Labute approximate surface area is 170 Å². The van der Waals surface area contributed by atoms with Crippen molar-refractivity contribution < 1.29 is 0 Å². The molecular weight excluding hydrogens is 456 g/mol. The smallest absolute Gasteiger partial charge is 0.0994 e. The standard InChI is InChI=1S/C10H6Br2N2.C10H8N2/c11-3-7-1-9(5-13)8(4-12)2-10(7)6-14;1-7-3-10(6-12)8(2)4-9(7)5-11/h1-2H,3-4H2;3-4H,1-2H3. The zero-order chi connectivity index (χ0) is 19.7. The van der Waals surface area contributed by atoms with Crippen LogP contribution in [0, 0.1) is 59.2 Å². The zero-order valence-electron chi connectivity index (χ0n) is 14.3. The minimum atomic E-state index is 0.590. The van der Waals surface area contributed by atoms with Crippen LogP contribution >= 0.6 is 31.9 Å². The molecule has 0 bridgehead atoms. The topological polar surface area (TPSA) is 95.2 Å². The number of benzene rings is 2. The monoisotopic (exact) mass is 468 g/mol. The van der Waals surface area contributed by atoms with Crippen molar-refractivity contribution in [1.29, 1.82) is 21.0 Å². The number of aryl methyl sites for hydroxylation is 2. The zero-order valence-corrected chi connectivity index (χ0v) is 17.4. The van der Waals surface area contributed by atoms with Crippen molar-refractivity contribution in [3.63, 3.8) is 0 Å². The molecular formula is C20H14Br2N4. The predicted octanol–water partition coefficient (Wildman–Crippen LogP) is 5.27. The van der Waals surface area contributed by atoms with Gasteiger partial charge in [-0.1, -0.05) is 31.9 Å². The van der Waals surface area contributed by atoms with Gasteiger partial charge in [0.1, 0.15) is 0 Å². The highest BCUT2D eigenvalue weighted by Crippen LogP contribution is 2.20. The van der Waals surface area contributed by atoms with Crippen LogP contribution in [-0.2, 0) is 10.7 Å². The number of rotatable bonds is 2. The summed E-state index contributed by atoms with van der Waals surface area (Å²) < 4.78 is 0. The maximum Gasteiger partial charge on any atom is 0.0994 e. The lowest BCUT2D eigenvalue weighted by Crippen LogP contribution is -1.93. The molecule has 0 spiro atoms. The number of nitriles is 4. The first-order chi connectivity index (χ1) is 12.4. The minimum absolute atomic E-state index is 0.590. The summed E-state index contributed by atoms with van der Waals surface area (Å²) in [4.78, 5) is 0. The lowest BCUT2D eigenvalue weighted by Gasteiger charge is -2.04. The van der Waals surface area contributed by atoms with Gasteiger partial charge in [-0.05, 0) is 60.4 Å². The summed E-state index contributed by atoms with van der Waals surface area (Å²) in [6.45, 7) is 3.66. The first-order valence-electron chi connectivity index (χ1n) is 7.45. The van der Waals surface area contributed by atoms with Gasteiger partial charge >= 0.3 is 0 Å². The fourth-order valence-electron chi connectivity index (χ4n) is 2.18. The number of nitrogens with zero attached hydrogens (tertiary/aromatic N) is 4. The lowest BCUT2D eigenvalue weighted by atomic mass is 10.0. The van der Waals surface area contributed by atoms with Crippen molar-refractivity contribution in [1.82, 2.24) is 0 Å². The average molecular weight is 470 g/mol. The highest BCUT2D eigenvalue weighted by molar-refractivity contribution is 9.08. The van der Waals surface area contributed by atoms with E-state index in [9.17, 15) is 0 Å². The van der Waals surface area contributed by atoms with Crippen molar-refractivity contribution in [2.24, 2.45) is 0 Å². The Morgan fingerprint density at radius 2 is 0.923 bits per heavy atom. The van der Waals surface area contributed by atoms with E-state index in [-0.39, 0.29) is 0 Å². The van der Waals surface area contributed by atoms with Gasteiger partial charge in [-0.2, -0.15) is 21.0 Å². The van der Waals surface area contributed by atoms with Gasteiger partial charge in [-0.25, -0.2) is 0 Å². The fraction of sp³-hybridized carbons (Fsp3) is 0.200. The van der Waals surface area contributed by atoms with Crippen LogP contribution < -0.4 is 0 Å². The maximum absolute atomic E-state index is 8.86. The molecule has 0 heterocycles. The molecule has 0 aliphatic rings. The van der Waals surface area contributed by atoms with E-state index in [0.717, 1.165) is 22.3 Å². The van der Waals surface area contributed by atoms with E-state index in [4.69, 9.17) is 21.0 Å². The molecule has 0 saturated heterocycles. The Bertz CT molecular complexity index is 902. The number of hydrogen-bond acceptors (Lipinski definition) is 4. The molecule has 26 heavy (non-hydrogen) atoms. The van der Waals surface area contributed by atoms with Crippen LogP contribution in [0.4, 0.5) is 0 Å². The molecule has 0 radical (unpaired) electrons. The van der Waals surface area contributed by atoms with E-state index in [1.54, 1.807) is 24.3 Å². The van der Waals surface area contributed by atoms with Crippen LogP contribution in [0.15, 0.2) is 24.3 Å². The van der Waals surface area contributed by atoms with E-state index in [1.165, 1.54) is 0 Å². The van der Waals surface area contributed by atoms with E-state index in [1.807, 2.05) is 13.8 Å². The third-order valence-corrected chi connectivity index (χ3v) is 4.88. The van der Waals surface area contributed by atoms with Gasteiger partial charge in [-0.3, -0.25) is 0 Å². The molecule has 0 aromatic heterocycles. The largest absolute Gasteiger partial charge is 0.192 e. The second kappa shape index (κ2) is 10.4. The molecule has 4 nitrogen and oxygen atoms in total. The quantitative estimate of drug-likeness (QED) is 0.559. The van der Waals surface area contributed by atoms with Crippen molar-refractivity contribution in [2.45, 2.75) is 24.5 Å². The predicted molar refractivity (Wildman–Crippen MR) is 106 cm³/mol. The Balaban J connectivity index is 0.000000263. The SMILES string of the molecule is Cc1cc(C#N)c(C)cc1C#N.N#Cc1cc(CBr)c(C#N)cc1CBr. The normalized spacial score (nSPS) is 8.92. The molecule has 0 N–H and O–H groups in total. The molecule has 0 aliphatic heterocycles. The van der Waals surface area contributed by atoms with Crippen molar-refractivity contribution in [2.75, 3.05) is 0 Å². The summed E-state index contributed by atoms with van der Waals surface area (Å²) >= 11 is 6.57. The van der Waals surface area contributed by atoms with Gasteiger partial charge in [-0.15, -0.1) is 0 Å².